The van der Waals surface area contributed by atoms with E-state index in [-0.39, 0.29) is 5.82 Å². The van der Waals surface area contributed by atoms with E-state index in [2.05, 4.69) is 88.0 Å². The molecular weight excluding hydrogens is 471 g/mol. The Morgan fingerprint density at radius 2 is 1.39 bits per heavy atom. The third-order valence-electron chi connectivity index (χ3n) is 7.60. The standard InChI is InChI=1S/C33H33FN4/c1-2-38-32-17-12-25(22-31(32)35-33(38)27-8-4-3-5-9-27)23-36-18-20-37(21-19-36)24-28-10-6-7-11-30(28)26-13-15-29(34)16-14-26/h3-17,22H,2,18-21,23-24H2,1H3. The van der Waals surface area contributed by atoms with Gasteiger partial charge in [-0.2, -0.15) is 0 Å². The van der Waals surface area contributed by atoms with Crippen molar-refractivity contribution in [2.75, 3.05) is 26.2 Å². The third kappa shape index (κ3) is 5.13. The van der Waals surface area contributed by atoms with Gasteiger partial charge in [-0.05, 0) is 53.4 Å². The molecule has 4 nitrogen and oxygen atoms in total. The number of hydrogen-bond donors (Lipinski definition) is 0. The zero-order valence-electron chi connectivity index (χ0n) is 21.9. The van der Waals surface area contributed by atoms with E-state index in [1.165, 1.54) is 34.3 Å². The van der Waals surface area contributed by atoms with Crippen LogP contribution >= 0.6 is 0 Å². The Kier molecular flexibility index (Phi) is 7.04. The van der Waals surface area contributed by atoms with Crippen molar-refractivity contribution in [1.29, 1.82) is 0 Å². The number of imidazole rings is 1. The van der Waals surface area contributed by atoms with Gasteiger partial charge in [0.25, 0.3) is 0 Å². The average molecular weight is 505 g/mol. The predicted molar refractivity (Wildman–Crippen MR) is 153 cm³/mol. The van der Waals surface area contributed by atoms with Crippen LogP contribution in [0.15, 0.2) is 97.1 Å². The molecule has 1 aliphatic heterocycles. The smallest absolute Gasteiger partial charge is 0.141 e. The first-order chi connectivity index (χ1) is 18.7. The summed E-state index contributed by atoms with van der Waals surface area (Å²) in [4.78, 5) is 10.1. The number of rotatable bonds is 7. The molecule has 4 aromatic carbocycles. The second-order valence-corrected chi connectivity index (χ2v) is 10.1. The van der Waals surface area contributed by atoms with Crippen LogP contribution in [-0.4, -0.2) is 45.5 Å². The second kappa shape index (κ2) is 10.9. The van der Waals surface area contributed by atoms with Gasteiger partial charge >= 0.3 is 0 Å². The van der Waals surface area contributed by atoms with E-state index in [1.807, 2.05) is 18.2 Å². The summed E-state index contributed by atoms with van der Waals surface area (Å²) in [5.41, 5.74) is 8.27. The first-order valence-corrected chi connectivity index (χ1v) is 13.5. The number of piperazine rings is 1. The highest BCUT2D eigenvalue weighted by Gasteiger charge is 2.19. The van der Waals surface area contributed by atoms with Gasteiger partial charge in [0.2, 0.25) is 0 Å². The van der Waals surface area contributed by atoms with E-state index >= 15 is 0 Å². The molecular formula is C33H33FN4. The molecule has 0 spiro atoms. The van der Waals surface area contributed by atoms with Crippen molar-refractivity contribution < 1.29 is 4.39 Å². The van der Waals surface area contributed by atoms with Gasteiger partial charge in [0, 0.05) is 51.4 Å². The maximum atomic E-state index is 13.4. The van der Waals surface area contributed by atoms with Crippen molar-refractivity contribution in [2.45, 2.75) is 26.6 Å². The van der Waals surface area contributed by atoms with Gasteiger partial charge in [-0.15, -0.1) is 0 Å². The minimum atomic E-state index is -0.197. The number of nitrogens with zero attached hydrogens (tertiary/aromatic N) is 4. The molecule has 1 saturated heterocycles. The lowest BCUT2D eigenvalue weighted by Crippen LogP contribution is -2.45. The number of aryl methyl sites for hydroxylation is 1. The molecule has 1 aliphatic rings. The third-order valence-corrected chi connectivity index (χ3v) is 7.60. The summed E-state index contributed by atoms with van der Waals surface area (Å²) in [6.45, 7) is 9.06. The normalized spacial score (nSPS) is 14.8. The van der Waals surface area contributed by atoms with Crippen molar-refractivity contribution in [3.63, 3.8) is 0 Å². The highest BCUT2D eigenvalue weighted by molar-refractivity contribution is 5.81. The molecule has 1 fully saturated rings. The fourth-order valence-corrected chi connectivity index (χ4v) is 5.58. The fourth-order valence-electron chi connectivity index (χ4n) is 5.58. The van der Waals surface area contributed by atoms with Crippen LogP contribution in [0.2, 0.25) is 0 Å². The van der Waals surface area contributed by atoms with Crippen molar-refractivity contribution >= 4 is 11.0 Å². The van der Waals surface area contributed by atoms with Crippen molar-refractivity contribution in [3.05, 3.63) is 114 Å². The van der Waals surface area contributed by atoms with Gasteiger partial charge in [-0.25, -0.2) is 9.37 Å². The Bertz CT molecular complexity index is 1520. The molecule has 6 rings (SSSR count). The van der Waals surface area contributed by atoms with Crippen LogP contribution in [0.4, 0.5) is 4.39 Å². The van der Waals surface area contributed by atoms with Gasteiger partial charge < -0.3 is 4.57 Å². The molecule has 5 heteroatoms. The molecule has 2 heterocycles. The maximum absolute atomic E-state index is 13.4. The van der Waals surface area contributed by atoms with Crippen LogP contribution in [0.5, 0.6) is 0 Å². The van der Waals surface area contributed by atoms with E-state index in [4.69, 9.17) is 4.98 Å². The van der Waals surface area contributed by atoms with E-state index in [0.717, 1.165) is 68.3 Å². The van der Waals surface area contributed by atoms with Crippen LogP contribution in [-0.2, 0) is 19.6 Å². The highest BCUT2D eigenvalue weighted by atomic mass is 19.1. The molecule has 0 unspecified atom stereocenters. The van der Waals surface area contributed by atoms with E-state index in [9.17, 15) is 4.39 Å². The summed E-state index contributed by atoms with van der Waals surface area (Å²) in [6.07, 6.45) is 0. The minimum Gasteiger partial charge on any atom is -0.324 e. The molecule has 0 amide bonds. The van der Waals surface area contributed by atoms with Crippen LogP contribution in [0.1, 0.15) is 18.1 Å². The van der Waals surface area contributed by atoms with E-state index < -0.39 is 0 Å². The SMILES string of the molecule is CCn1c(-c2ccccc2)nc2cc(CN3CCN(Cc4ccccc4-c4ccc(F)cc4)CC3)ccc21. The summed E-state index contributed by atoms with van der Waals surface area (Å²) >= 11 is 0. The number of halogens is 1. The number of hydrogen-bond acceptors (Lipinski definition) is 3. The molecule has 0 atom stereocenters. The number of benzene rings is 4. The average Bonchev–Trinajstić information content (AvgIpc) is 3.33. The Hall–Kier alpha value is -3.80. The zero-order valence-corrected chi connectivity index (χ0v) is 21.9. The lowest BCUT2D eigenvalue weighted by molar-refractivity contribution is 0.122. The van der Waals surface area contributed by atoms with E-state index in [1.54, 1.807) is 0 Å². The summed E-state index contributed by atoms with van der Waals surface area (Å²) < 4.78 is 15.7. The molecule has 0 saturated carbocycles. The van der Waals surface area contributed by atoms with Gasteiger partial charge in [-0.1, -0.05) is 72.8 Å². The fraction of sp³-hybridized carbons (Fsp3) is 0.242. The Balaban J connectivity index is 1.12. The topological polar surface area (TPSA) is 24.3 Å². The van der Waals surface area contributed by atoms with Crippen LogP contribution in [0.25, 0.3) is 33.5 Å². The molecule has 38 heavy (non-hydrogen) atoms. The molecule has 5 aromatic rings. The highest BCUT2D eigenvalue weighted by Crippen LogP contribution is 2.27. The van der Waals surface area contributed by atoms with Crippen LogP contribution in [0, 0.1) is 5.82 Å². The lowest BCUT2D eigenvalue weighted by atomic mass is 9.99. The Morgan fingerprint density at radius 3 is 2.13 bits per heavy atom. The number of fused-ring (bicyclic) bond motifs is 1. The summed E-state index contributed by atoms with van der Waals surface area (Å²) in [5.74, 6) is 0.839. The van der Waals surface area contributed by atoms with Crippen molar-refractivity contribution in [1.82, 2.24) is 19.4 Å². The predicted octanol–water partition coefficient (Wildman–Crippen LogP) is 6.85. The minimum absolute atomic E-state index is 0.197. The van der Waals surface area contributed by atoms with Crippen molar-refractivity contribution in [3.8, 4) is 22.5 Å². The summed E-state index contributed by atoms with van der Waals surface area (Å²) in [7, 11) is 0. The van der Waals surface area contributed by atoms with Gasteiger partial charge in [0.05, 0.1) is 11.0 Å². The zero-order chi connectivity index (χ0) is 25.9. The maximum Gasteiger partial charge on any atom is 0.141 e. The van der Waals surface area contributed by atoms with Gasteiger partial charge in [0.15, 0.2) is 0 Å². The van der Waals surface area contributed by atoms with Gasteiger partial charge in [0.1, 0.15) is 11.6 Å². The lowest BCUT2D eigenvalue weighted by Gasteiger charge is -2.35. The van der Waals surface area contributed by atoms with Crippen molar-refractivity contribution in [2.24, 2.45) is 0 Å². The molecule has 192 valence electrons. The largest absolute Gasteiger partial charge is 0.324 e. The summed E-state index contributed by atoms with van der Waals surface area (Å²) in [6, 6.07) is 32.5. The Morgan fingerprint density at radius 1 is 0.711 bits per heavy atom. The Labute approximate surface area is 224 Å². The first-order valence-electron chi connectivity index (χ1n) is 13.5. The van der Waals surface area contributed by atoms with Gasteiger partial charge in [-0.3, -0.25) is 9.80 Å². The first kappa shape index (κ1) is 24.5. The molecule has 0 bridgehead atoms. The quantitative estimate of drug-likeness (QED) is 0.242. The van der Waals surface area contributed by atoms with E-state index in [0.29, 0.717) is 0 Å². The van der Waals surface area contributed by atoms with Crippen LogP contribution in [0.3, 0.4) is 0 Å². The second-order valence-electron chi connectivity index (χ2n) is 10.1. The van der Waals surface area contributed by atoms with Crippen LogP contribution < -0.4 is 0 Å². The summed E-state index contributed by atoms with van der Waals surface area (Å²) in [5, 5.41) is 0. The molecule has 0 radical (unpaired) electrons. The molecule has 1 aromatic heterocycles. The molecule has 0 aliphatic carbocycles. The number of aromatic nitrogens is 2. The molecule has 0 N–H and O–H groups in total. The monoisotopic (exact) mass is 504 g/mol.